The van der Waals surface area contributed by atoms with Crippen molar-refractivity contribution in [1.29, 1.82) is 0 Å². The molecular formula is C14H11Cl2F4NO. The summed E-state index contributed by atoms with van der Waals surface area (Å²) in [6, 6.07) is 8.01. The highest BCUT2D eigenvalue weighted by Gasteiger charge is 2.31. The second-order valence-electron chi connectivity index (χ2n) is 4.26. The Labute approximate surface area is 135 Å². The molecule has 1 atom stereocenters. The molecule has 2 aromatic carbocycles. The molecule has 0 aliphatic carbocycles. The molecule has 0 amide bonds. The molecule has 0 saturated carbocycles. The van der Waals surface area contributed by atoms with Crippen LogP contribution in [0.1, 0.15) is 17.2 Å². The second kappa shape index (κ2) is 7.17. The molecule has 8 heteroatoms. The van der Waals surface area contributed by atoms with Gasteiger partial charge >= 0.3 is 6.36 Å². The normalized spacial score (nSPS) is 12.5. The van der Waals surface area contributed by atoms with Crippen LogP contribution in [0.5, 0.6) is 5.75 Å². The van der Waals surface area contributed by atoms with Gasteiger partial charge in [0, 0.05) is 10.6 Å². The monoisotopic (exact) mass is 355 g/mol. The molecule has 0 radical (unpaired) electrons. The Morgan fingerprint density at radius 2 is 1.64 bits per heavy atom. The first-order valence-electron chi connectivity index (χ1n) is 5.82. The van der Waals surface area contributed by atoms with Gasteiger partial charge in [-0.3, -0.25) is 0 Å². The summed E-state index contributed by atoms with van der Waals surface area (Å²) in [6.07, 6.45) is -4.76. The topological polar surface area (TPSA) is 35.2 Å². The predicted octanol–water partition coefficient (Wildman–Crippen LogP) is 4.85. The minimum atomic E-state index is -4.76. The first-order valence-corrected chi connectivity index (χ1v) is 6.20. The number of rotatable bonds is 3. The Kier molecular flexibility index (Phi) is 6.05. The molecule has 0 aliphatic heterocycles. The van der Waals surface area contributed by atoms with Crippen LogP contribution in [0.25, 0.3) is 0 Å². The van der Waals surface area contributed by atoms with Gasteiger partial charge in [-0.05, 0) is 35.9 Å². The van der Waals surface area contributed by atoms with E-state index in [0.717, 1.165) is 12.1 Å². The highest BCUT2D eigenvalue weighted by atomic mass is 35.5. The lowest BCUT2D eigenvalue weighted by atomic mass is 9.99. The lowest BCUT2D eigenvalue weighted by molar-refractivity contribution is -0.274. The van der Waals surface area contributed by atoms with E-state index < -0.39 is 18.2 Å². The van der Waals surface area contributed by atoms with Gasteiger partial charge in [0.25, 0.3) is 0 Å². The maximum Gasteiger partial charge on any atom is 0.573 e. The number of benzene rings is 2. The summed E-state index contributed by atoms with van der Waals surface area (Å²) in [5.41, 5.74) is 6.50. The summed E-state index contributed by atoms with van der Waals surface area (Å²) < 4.78 is 53.6. The molecule has 0 heterocycles. The molecule has 22 heavy (non-hydrogen) atoms. The minimum absolute atomic E-state index is 0. The van der Waals surface area contributed by atoms with E-state index in [-0.39, 0.29) is 23.7 Å². The molecule has 120 valence electrons. The third-order valence-corrected chi connectivity index (χ3v) is 3.00. The Hall–Kier alpha value is -1.50. The molecule has 0 aliphatic rings. The SMILES string of the molecule is Cl.N[C@@H](c1ccc(OC(F)(F)F)cc1)c1cc(Cl)ccc1F. The smallest absolute Gasteiger partial charge is 0.406 e. The lowest BCUT2D eigenvalue weighted by Gasteiger charge is -2.15. The zero-order valence-corrected chi connectivity index (χ0v) is 12.5. The summed E-state index contributed by atoms with van der Waals surface area (Å²) in [7, 11) is 0. The Balaban J connectivity index is 0.00000242. The van der Waals surface area contributed by atoms with Gasteiger partial charge in [0.05, 0.1) is 6.04 Å². The van der Waals surface area contributed by atoms with Gasteiger partial charge in [-0.2, -0.15) is 0 Å². The summed E-state index contributed by atoms with van der Waals surface area (Å²) in [6.45, 7) is 0. The fourth-order valence-electron chi connectivity index (χ4n) is 1.81. The van der Waals surface area contributed by atoms with Gasteiger partial charge in [-0.15, -0.1) is 25.6 Å². The fraction of sp³-hybridized carbons (Fsp3) is 0.143. The Morgan fingerprint density at radius 3 is 2.18 bits per heavy atom. The Morgan fingerprint density at radius 1 is 1.05 bits per heavy atom. The number of halogens is 6. The van der Waals surface area contributed by atoms with Gasteiger partial charge < -0.3 is 10.5 Å². The summed E-state index contributed by atoms with van der Waals surface area (Å²) in [5.74, 6) is -0.910. The van der Waals surface area contributed by atoms with Crippen molar-refractivity contribution >= 4 is 24.0 Å². The number of nitrogens with two attached hydrogens (primary N) is 1. The number of hydrogen-bond acceptors (Lipinski definition) is 2. The van der Waals surface area contributed by atoms with Gasteiger partial charge in [0.2, 0.25) is 0 Å². The van der Waals surface area contributed by atoms with E-state index in [4.69, 9.17) is 17.3 Å². The fourth-order valence-corrected chi connectivity index (χ4v) is 1.99. The third kappa shape index (κ3) is 4.76. The number of hydrogen-bond donors (Lipinski definition) is 1. The van der Waals surface area contributed by atoms with Crippen LogP contribution in [0.3, 0.4) is 0 Å². The molecule has 0 saturated heterocycles. The molecular weight excluding hydrogens is 345 g/mol. The number of alkyl halides is 3. The second-order valence-corrected chi connectivity index (χ2v) is 4.70. The molecule has 0 aromatic heterocycles. The predicted molar refractivity (Wildman–Crippen MR) is 77.8 cm³/mol. The van der Waals surface area contributed by atoms with Crippen molar-refractivity contribution in [1.82, 2.24) is 0 Å². The zero-order valence-electron chi connectivity index (χ0n) is 10.9. The van der Waals surface area contributed by atoms with Crippen molar-refractivity contribution in [3.8, 4) is 5.75 Å². The van der Waals surface area contributed by atoms with Crippen LogP contribution in [0.2, 0.25) is 5.02 Å². The molecule has 0 fully saturated rings. The lowest BCUT2D eigenvalue weighted by Crippen LogP contribution is -2.17. The van der Waals surface area contributed by atoms with Gasteiger partial charge in [0.15, 0.2) is 0 Å². The summed E-state index contributed by atoms with van der Waals surface area (Å²) in [4.78, 5) is 0. The number of ether oxygens (including phenoxy) is 1. The molecule has 2 rings (SSSR count). The Bertz CT molecular complexity index is 632. The molecule has 2 nitrogen and oxygen atoms in total. The average Bonchev–Trinajstić information content (AvgIpc) is 2.40. The van der Waals surface area contributed by atoms with E-state index in [0.29, 0.717) is 10.6 Å². The van der Waals surface area contributed by atoms with Crippen LogP contribution in [0, 0.1) is 5.82 Å². The van der Waals surface area contributed by atoms with E-state index in [9.17, 15) is 17.6 Å². The van der Waals surface area contributed by atoms with Crippen molar-refractivity contribution < 1.29 is 22.3 Å². The molecule has 0 spiro atoms. The van der Waals surface area contributed by atoms with Crippen molar-refractivity contribution in [2.45, 2.75) is 12.4 Å². The first-order chi connectivity index (χ1) is 9.76. The minimum Gasteiger partial charge on any atom is -0.406 e. The van der Waals surface area contributed by atoms with Crippen LogP contribution >= 0.6 is 24.0 Å². The zero-order chi connectivity index (χ0) is 15.6. The van der Waals surface area contributed by atoms with Crippen LogP contribution in [-0.4, -0.2) is 6.36 Å². The quantitative estimate of drug-likeness (QED) is 0.799. The van der Waals surface area contributed by atoms with Gasteiger partial charge in [-0.1, -0.05) is 23.7 Å². The summed E-state index contributed by atoms with van der Waals surface area (Å²) >= 11 is 5.78. The van der Waals surface area contributed by atoms with E-state index in [1.165, 1.54) is 30.3 Å². The highest BCUT2D eigenvalue weighted by molar-refractivity contribution is 6.30. The van der Waals surface area contributed by atoms with Crippen molar-refractivity contribution in [2.24, 2.45) is 5.73 Å². The van der Waals surface area contributed by atoms with Crippen LogP contribution in [-0.2, 0) is 0 Å². The molecule has 0 bridgehead atoms. The van der Waals surface area contributed by atoms with Gasteiger partial charge in [0.1, 0.15) is 11.6 Å². The molecule has 2 N–H and O–H groups in total. The molecule has 0 unspecified atom stereocenters. The van der Waals surface area contributed by atoms with Crippen LogP contribution in [0.15, 0.2) is 42.5 Å². The van der Waals surface area contributed by atoms with E-state index in [1.54, 1.807) is 0 Å². The summed E-state index contributed by atoms with van der Waals surface area (Å²) in [5, 5.41) is 0.318. The van der Waals surface area contributed by atoms with Crippen molar-refractivity contribution in [3.05, 3.63) is 64.4 Å². The largest absolute Gasteiger partial charge is 0.573 e. The van der Waals surface area contributed by atoms with Crippen LogP contribution < -0.4 is 10.5 Å². The standard InChI is InChI=1S/C14H10ClF4NO.ClH/c15-9-3-6-12(16)11(7-9)13(20)8-1-4-10(5-2-8)21-14(17,18)19;/h1-7,13H,20H2;1H/t13-;/m0./s1. The third-order valence-electron chi connectivity index (χ3n) is 2.77. The maximum absolute atomic E-state index is 13.7. The highest BCUT2D eigenvalue weighted by Crippen LogP contribution is 2.28. The van der Waals surface area contributed by atoms with Crippen molar-refractivity contribution in [3.63, 3.8) is 0 Å². The molecule has 2 aromatic rings. The van der Waals surface area contributed by atoms with E-state index >= 15 is 0 Å². The maximum atomic E-state index is 13.7. The average molecular weight is 356 g/mol. The van der Waals surface area contributed by atoms with E-state index in [1.807, 2.05) is 0 Å². The first kappa shape index (κ1) is 18.5. The van der Waals surface area contributed by atoms with Crippen LogP contribution in [0.4, 0.5) is 17.6 Å². The van der Waals surface area contributed by atoms with Crippen molar-refractivity contribution in [2.75, 3.05) is 0 Å². The van der Waals surface area contributed by atoms with E-state index in [2.05, 4.69) is 4.74 Å². The van der Waals surface area contributed by atoms with Gasteiger partial charge in [-0.25, -0.2) is 4.39 Å².